The Labute approximate surface area is 121 Å². The highest BCUT2D eigenvalue weighted by molar-refractivity contribution is 5.75. The van der Waals surface area contributed by atoms with Crippen LogP contribution in [0.1, 0.15) is 44.9 Å². The molecule has 112 valence electrons. The molecule has 2 aliphatic heterocycles. The topological polar surface area (TPSA) is 41.6 Å². The first-order valence-electron chi connectivity index (χ1n) is 8.07. The maximum absolute atomic E-state index is 12.4. The molecule has 2 heterocycles. The van der Waals surface area contributed by atoms with Crippen LogP contribution in [0, 0.1) is 5.41 Å². The van der Waals surface area contributed by atoms with Gasteiger partial charge in [-0.3, -0.25) is 0 Å². The highest BCUT2D eigenvalue weighted by Gasteiger charge is 2.38. The molecule has 1 N–H and O–H groups in total. The van der Waals surface area contributed by atoms with Crippen LogP contribution in [-0.4, -0.2) is 43.3 Å². The van der Waals surface area contributed by atoms with Crippen molar-refractivity contribution in [3.63, 3.8) is 0 Å². The van der Waals surface area contributed by atoms with E-state index in [0.29, 0.717) is 0 Å². The van der Waals surface area contributed by atoms with Gasteiger partial charge in [0.2, 0.25) is 0 Å². The summed E-state index contributed by atoms with van der Waals surface area (Å²) in [6, 6.07) is 0.350. The third-order valence-corrected chi connectivity index (χ3v) is 4.92. The highest BCUT2D eigenvalue weighted by atomic mass is 16.5. The number of hydrogen-bond acceptors (Lipinski definition) is 2. The molecule has 3 aliphatic rings. The molecule has 2 amide bonds. The third kappa shape index (κ3) is 3.17. The lowest BCUT2D eigenvalue weighted by molar-refractivity contribution is -0.0405. The fourth-order valence-electron chi connectivity index (χ4n) is 3.80. The summed E-state index contributed by atoms with van der Waals surface area (Å²) in [7, 11) is 0. The number of carbonyl (C=O) groups is 1. The molecule has 2 atom stereocenters. The maximum atomic E-state index is 12.4. The zero-order valence-electron chi connectivity index (χ0n) is 12.3. The third-order valence-electron chi connectivity index (χ3n) is 4.92. The van der Waals surface area contributed by atoms with E-state index in [1.54, 1.807) is 0 Å². The summed E-state index contributed by atoms with van der Waals surface area (Å²) in [5.41, 5.74) is 0.232. The van der Waals surface area contributed by atoms with E-state index in [2.05, 4.69) is 17.5 Å². The van der Waals surface area contributed by atoms with Crippen LogP contribution in [0.15, 0.2) is 12.2 Å². The number of rotatable bonds is 1. The SMILES string of the molecule is O=C(NC1C=CCCC1)N1CCCC2(CCCOC2)C1. The Bertz CT molecular complexity index is 369. The van der Waals surface area contributed by atoms with Crippen molar-refractivity contribution >= 4 is 6.03 Å². The Morgan fingerprint density at radius 3 is 2.95 bits per heavy atom. The Balaban J connectivity index is 1.57. The van der Waals surface area contributed by atoms with Gasteiger partial charge in [0.05, 0.1) is 6.61 Å². The first-order valence-corrected chi connectivity index (χ1v) is 8.07. The molecular formula is C16H26N2O2. The smallest absolute Gasteiger partial charge is 0.317 e. The number of allylic oxidation sites excluding steroid dienone is 1. The summed E-state index contributed by atoms with van der Waals surface area (Å²) >= 11 is 0. The van der Waals surface area contributed by atoms with Crippen LogP contribution >= 0.6 is 0 Å². The van der Waals surface area contributed by atoms with Gasteiger partial charge in [0.25, 0.3) is 0 Å². The number of hydrogen-bond donors (Lipinski definition) is 1. The molecule has 0 aromatic carbocycles. The Morgan fingerprint density at radius 1 is 1.30 bits per heavy atom. The molecule has 0 bridgehead atoms. The number of likely N-dealkylation sites (tertiary alicyclic amines) is 1. The Morgan fingerprint density at radius 2 is 2.20 bits per heavy atom. The van der Waals surface area contributed by atoms with E-state index >= 15 is 0 Å². The summed E-state index contributed by atoms with van der Waals surface area (Å²) in [6.45, 7) is 3.49. The van der Waals surface area contributed by atoms with Crippen LogP contribution in [-0.2, 0) is 4.74 Å². The first kappa shape index (κ1) is 13.9. The molecule has 0 saturated carbocycles. The molecular weight excluding hydrogens is 252 g/mol. The summed E-state index contributed by atoms with van der Waals surface area (Å²) in [6.07, 6.45) is 12.4. The number of piperidine rings is 1. The average Bonchev–Trinajstić information content (AvgIpc) is 2.49. The maximum Gasteiger partial charge on any atom is 0.317 e. The second-order valence-electron chi connectivity index (χ2n) is 6.60. The Hall–Kier alpha value is -1.03. The van der Waals surface area contributed by atoms with Crippen LogP contribution in [0.2, 0.25) is 0 Å². The zero-order chi connectivity index (χ0) is 13.8. The van der Waals surface area contributed by atoms with E-state index in [1.807, 2.05) is 4.90 Å². The summed E-state index contributed by atoms with van der Waals surface area (Å²) < 4.78 is 5.67. The van der Waals surface area contributed by atoms with E-state index in [9.17, 15) is 4.79 Å². The molecule has 1 aliphatic carbocycles. The quantitative estimate of drug-likeness (QED) is 0.749. The zero-order valence-corrected chi connectivity index (χ0v) is 12.3. The first-order chi connectivity index (χ1) is 9.77. The fraction of sp³-hybridized carbons (Fsp3) is 0.812. The fourth-order valence-corrected chi connectivity index (χ4v) is 3.80. The van der Waals surface area contributed by atoms with Gasteiger partial charge in [-0.1, -0.05) is 12.2 Å². The number of carbonyl (C=O) groups excluding carboxylic acids is 1. The van der Waals surface area contributed by atoms with Gasteiger partial charge < -0.3 is 15.0 Å². The number of ether oxygens (including phenoxy) is 1. The van der Waals surface area contributed by atoms with Crippen molar-refractivity contribution in [1.29, 1.82) is 0 Å². The molecule has 0 aromatic heterocycles. The minimum absolute atomic E-state index is 0.117. The van der Waals surface area contributed by atoms with Crippen LogP contribution in [0.4, 0.5) is 4.79 Å². The second-order valence-corrected chi connectivity index (χ2v) is 6.60. The Kier molecular flexibility index (Phi) is 4.29. The molecule has 0 aromatic rings. The summed E-state index contributed by atoms with van der Waals surface area (Å²) in [5.74, 6) is 0. The number of urea groups is 1. The average molecular weight is 278 g/mol. The van der Waals surface area contributed by atoms with Crippen molar-refractivity contribution in [2.45, 2.75) is 51.0 Å². The monoisotopic (exact) mass is 278 g/mol. The standard InChI is InChI=1S/C16H26N2O2/c19-15(17-14-6-2-1-3-7-14)18-10-4-8-16(12-18)9-5-11-20-13-16/h2,6,14H,1,3-5,7-13H2,(H,17,19). The van der Waals surface area contributed by atoms with Gasteiger partial charge in [0.15, 0.2) is 0 Å². The lowest BCUT2D eigenvalue weighted by Gasteiger charge is -2.45. The normalized spacial score (nSPS) is 34.2. The van der Waals surface area contributed by atoms with E-state index in [4.69, 9.17) is 4.74 Å². The van der Waals surface area contributed by atoms with Crippen LogP contribution in [0.5, 0.6) is 0 Å². The van der Waals surface area contributed by atoms with Crippen molar-refractivity contribution in [1.82, 2.24) is 10.2 Å². The van der Waals surface area contributed by atoms with Crippen molar-refractivity contribution in [3.05, 3.63) is 12.2 Å². The second kappa shape index (κ2) is 6.17. The predicted octanol–water partition coefficient (Wildman–Crippen LogP) is 2.70. The van der Waals surface area contributed by atoms with E-state index in [1.165, 1.54) is 19.3 Å². The van der Waals surface area contributed by atoms with Crippen molar-refractivity contribution in [2.24, 2.45) is 5.41 Å². The van der Waals surface area contributed by atoms with Gasteiger partial charge in [-0.2, -0.15) is 0 Å². The molecule has 20 heavy (non-hydrogen) atoms. The molecule has 2 saturated heterocycles. The minimum Gasteiger partial charge on any atom is -0.381 e. The lowest BCUT2D eigenvalue weighted by Crippen LogP contribution is -2.53. The molecule has 4 heteroatoms. The lowest BCUT2D eigenvalue weighted by atomic mass is 9.76. The number of nitrogens with one attached hydrogen (secondary N) is 1. The minimum atomic E-state index is 0.117. The van der Waals surface area contributed by atoms with Gasteiger partial charge in [-0.15, -0.1) is 0 Å². The van der Waals surface area contributed by atoms with Gasteiger partial charge in [-0.25, -0.2) is 4.79 Å². The van der Waals surface area contributed by atoms with E-state index in [0.717, 1.165) is 52.0 Å². The summed E-state index contributed by atoms with van der Waals surface area (Å²) in [4.78, 5) is 14.4. The molecule has 2 unspecified atom stereocenters. The molecule has 3 rings (SSSR count). The van der Waals surface area contributed by atoms with E-state index < -0.39 is 0 Å². The van der Waals surface area contributed by atoms with Gasteiger partial charge in [-0.05, 0) is 44.9 Å². The predicted molar refractivity (Wildman–Crippen MR) is 78.6 cm³/mol. The van der Waals surface area contributed by atoms with E-state index in [-0.39, 0.29) is 17.5 Å². The van der Waals surface area contributed by atoms with Crippen molar-refractivity contribution in [2.75, 3.05) is 26.3 Å². The van der Waals surface area contributed by atoms with Crippen LogP contribution in [0.25, 0.3) is 0 Å². The van der Waals surface area contributed by atoms with Gasteiger partial charge >= 0.3 is 6.03 Å². The van der Waals surface area contributed by atoms with Crippen molar-refractivity contribution < 1.29 is 9.53 Å². The molecule has 4 nitrogen and oxygen atoms in total. The molecule has 1 spiro atoms. The van der Waals surface area contributed by atoms with Gasteiger partial charge in [0, 0.05) is 31.2 Å². The number of amides is 2. The van der Waals surface area contributed by atoms with Crippen LogP contribution in [0.3, 0.4) is 0 Å². The largest absolute Gasteiger partial charge is 0.381 e. The highest BCUT2D eigenvalue weighted by Crippen LogP contribution is 2.37. The van der Waals surface area contributed by atoms with Gasteiger partial charge in [0.1, 0.15) is 0 Å². The van der Waals surface area contributed by atoms with Crippen LogP contribution < -0.4 is 5.32 Å². The van der Waals surface area contributed by atoms with Crippen molar-refractivity contribution in [3.8, 4) is 0 Å². The summed E-state index contributed by atoms with van der Waals surface area (Å²) in [5, 5.41) is 3.17. The molecule has 2 fully saturated rings. The number of nitrogens with zero attached hydrogens (tertiary/aromatic N) is 1. The molecule has 0 radical (unpaired) electrons.